The molecular weight excluding hydrogens is 228 g/mol. The third-order valence-electron chi connectivity index (χ3n) is 3.70. The van der Waals surface area contributed by atoms with Gasteiger partial charge in [-0.2, -0.15) is 0 Å². The van der Waals surface area contributed by atoms with Gasteiger partial charge in [0.25, 0.3) is 0 Å². The quantitative estimate of drug-likeness (QED) is 0.779. The molecule has 2 heteroatoms. The van der Waals surface area contributed by atoms with Gasteiger partial charge >= 0.3 is 0 Å². The lowest BCUT2D eigenvalue weighted by atomic mass is 9.76. The number of ketones is 1. The van der Waals surface area contributed by atoms with Gasteiger partial charge < -0.3 is 0 Å². The molecule has 0 aliphatic heterocycles. The van der Waals surface area contributed by atoms with Gasteiger partial charge in [-0.25, -0.2) is 0 Å². The highest BCUT2D eigenvalue weighted by Gasteiger charge is 2.36. The van der Waals surface area contributed by atoms with Crippen molar-refractivity contribution < 1.29 is 4.79 Å². The summed E-state index contributed by atoms with van der Waals surface area (Å²) in [5, 5.41) is 0.421. The van der Waals surface area contributed by atoms with Crippen LogP contribution in [0.4, 0.5) is 0 Å². The summed E-state index contributed by atoms with van der Waals surface area (Å²) in [7, 11) is 0. The van der Waals surface area contributed by atoms with E-state index in [1.165, 1.54) is 10.5 Å². The van der Waals surface area contributed by atoms with Crippen LogP contribution in [0.5, 0.6) is 0 Å². The minimum absolute atomic E-state index is 0.265. The molecule has 0 N–H and O–H groups in total. The predicted octanol–water partition coefficient (Wildman–Crippen LogP) is 4.23. The maximum atomic E-state index is 11.6. The van der Waals surface area contributed by atoms with Crippen LogP contribution in [0.2, 0.25) is 0 Å². The lowest BCUT2D eigenvalue weighted by Crippen LogP contribution is -2.34. The summed E-state index contributed by atoms with van der Waals surface area (Å²) >= 11 is 1.88. The molecule has 0 aromatic heterocycles. The molecule has 0 saturated heterocycles. The molecule has 1 atom stereocenters. The van der Waals surface area contributed by atoms with Crippen LogP contribution in [0.15, 0.2) is 29.2 Å². The highest BCUT2D eigenvalue weighted by atomic mass is 32.2. The number of aryl methyl sites for hydroxylation is 1. The topological polar surface area (TPSA) is 17.1 Å². The summed E-state index contributed by atoms with van der Waals surface area (Å²) in [4.78, 5) is 12.9. The molecule has 1 saturated carbocycles. The number of thioether (sulfide) groups is 1. The first kappa shape index (κ1) is 12.7. The predicted molar refractivity (Wildman–Crippen MR) is 73.5 cm³/mol. The van der Waals surface area contributed by atoms with E-state index < -0.39 is 0 Å². The van der Waals surface area contributed by atoms with Crippen LogP contribution >= 0.6 is 11.8 Å². The van der Waals surface area contributed by atoms with Crippen molar-refractivity contribution in [2.75, 3.05) is 0 Å². The first-order valence-corrected chi connectivity index (χ1v) is 7.11. The van der Waals surface area contributed by atoms with Crippen LogP contribution in [-0.2, 0) is 4.79 Å². The van der Waals surface area contributed by atoms with Crippen molar-refractivity contribution in [1.82, 2.24) is 0 Å². The monoisotopic (exact) mass is 248 g/mol. The minimum Gasteiger partial charge on any atom is -0.300 e. The Morgan fingerprint density at radius 1 is 1.29 bits per heavy atom. The Balaban J connectivity index is 2.16. The standard InChI is InChI=1S/C15H20OS/c1-11-6-4-5-7-13(11)17-14-10-12(16)8-9-15(14,2)3/h4-7,14H,8-10H2,1-3H3/t14-/m1/s1. The molecule has 1 aliphatic carbocycles. The third kappa shape index (κ3) is 2.92. The van der Waals surface area contributed by atoms with Crippen molar-refractivity contribution in [1.29, 1.82) is 0 Å². The average Bonchev–Trinajstić information content (AvgIpc) is 2.27. The Labute approximate surface area is 108 Å². The van der Waals surface area contributed by atoms with Gasteiger partial charge in [-0.15, -0.1) is 11.8 Å². The molecule has 0 heterocycles. The lowest BCUT2D eigenvalue weighted by molar-refractivity contribution is -0.121. The van der Waals surface area contributed by atoms with Crippen LogP contribution in [-0.4, -0.2) is 11.0 Å². The maximum Gasteiger partial charge on any atom is 0.134 e. The maximum absolute atomic E-state index is 11.6. The molecule has 2 rings (SSSR count). The Morgan fingerprint density at radius 3 is 2.71 bits per heavy atom. The van der Waals surface area contributed by atoms with Gasteiger partial charge in [0.05, 0.1) is 0 Å². The van der Waals surface area contributed by atoms with E-state index in [-0.39, 0.29) is 5.41 Å². The van der Waals surface area contributed by atoms with E-state index in [2.05, 4.69) is 45.0 Å². The number of carbonyl (C=O) groups is 1. The van der Waals surface area contributed by atoms with Gasteiger partial charge in [0.2, 0.25) is 0 Å². The zero-order valence-electron chi connectivity index (χ0n) is 10.8. The van der Waals surface area contributed by atoms with Gasteiger partial charge in [-0.1, -0.05) is 32.0 Å². The molecule has 0 unspecified atom stereocenters. The molecule has 1 aliphatic rings. The van der Waals surface area contributed by atoms with Crippen molar-refractivity contribution in [2.45, 2.75) is 50.2 Å². The molecule has 1 nitrogen and oxygen atoms in total. The molecule has 1 aromatic carbocycles. The second-order valence-corrected chi connectivity index (χ2v) is 6.85. The molecule has 0 bridgehead atoms. The Morgan fingerprint density at radius 2 is 2.00 bits per heavy atom. The summed E-state index contributed by atoms with van der Waals surface area (Å²) in [5.74, 6) is 0.426. The number of Topliss-reactive ketones (excluding diaryl/α,β-unsaturated/α-hetero) is 1. The number of hydrogen-bond donors (Lipinski definition) is 0. The number of benzene rings is 1. The molecule has 1 fully saturated rings. The van der Waals surface area contributed by atoms with Crippen LogP contribution in [0.25, 0.3) is 0 Å². The van der Waals surface area contributed by atoms with E-state index in [1.54, 1.807) is 0 Å². The minimum atomic E-state index is 0.265. The first-order valence-electron chi connectivity index (χ1n) is 6.23. The first-order chi connectivity index (χ1) is 7.99. The number of rotatable bonds is 2. The fourth-order valence-corrected chi connectivity index (χ4v) is 3.67. The van der Waals surface area contributed by atoms with Gasteiger partial charge in [0.1, 0.15) is 5.78 Å². The van der Waals surface area contributed by atoms with Crippen LogP contribution in [0.1, 0.15) is 38.7 Å². The summed E-state index contributed by atoms with van der Waals surface area (Å²) < 4.78 is 0. The van der Waals surface area contributed by atoms with Gasteiger partial charge in [-0.05, 0) is 30.4 Å². The third-order valence-corrected chi connectivity index (χ3v) is 5.50. The molecule has 92 valence electrons. The largest absolute Gasteiger partial charge is 0.300 e. The van der Waals surface area contributed by atoms with E-state index in [1.807, 2.05) is 11.8 Å². The molecule has 0 amide bonds. The Bertz CT molecular complexity index is 423. The zero-order valence-corrected chi connectivity index (χ0v) is 11.6. The van der Waals surface area contributed by atoms with E-state index in [9.17, 15) is 4.79 Å². The van der Waals surface area contributed by atoms with Crippen molar-refractivity contribution in [2.24, 2.45) is 5.41 Å². The summed E-state index contributed by atoms with van der Waals surface area (Å²) in [6.45, 7) is 6.71. The van der Waals surface area contributed by atoms with Crippen molar-refractivity contribution in [3.05, 3.63) is 29.8 Å². The average molecular weight is 248 g/mol. The molecule has 17 heavy (non-hydrogen) atoms. The molecule has 1 aromatic rings. The van der Waals surface area contributed by atoms with Crippen LogP contribution in [0.3, 0.4) is 0 Å². The highest BCUT2D eigenvalue weighted by Crippen LogP contribution is 2.44. The van der Waals surface area contributed by atoms with Crippen LogP contribution < -0.4 is 0 Å². The fourth-order valence-electron chi connectivity index (χ4n) is 2.25. The molecule has 0 radical (unpaired) electrons. The zero-order chi connectivity index (χ0) is 12.5. The Hall–Kier alpha value is -0.760. The Kier molecular flexibility index (Phi) is 3.62. The fraction of sp³-hybridized carbons (Fsp3) is 0.533. The van der Waals surface area contributed by atoms with E-state index in [4.69, 9.17) is 0 Å². The number of carbonyl (C=O) groups excluding carboxylic acids is 1. The molecule has 0 spiro atoms. The summed E-state index contributed by atoms with van der Waals surface area (Å²) in [6.07, 6.45) is 2.51. The summed E-state index contributed by atoms with van der Waals surface area (Å²) in [6, 6.07) is 8.44. The van der Waals surface area contributed by atoms with Gasteiger partial charge in [0.15, 0.2) is 0 Å². The van der Waals surface area contributed by atoms with Gasteiger partial charge in [0, 0.05) is 23.0 Å². The smallest absolute Gasteiger partial charge is 0.134 e. The lowest BCUT2D eigenvalue weighted by Gasteiger charge is -2.37. The van der Waals surface area contributed by atoms with E-state index in [0.717, 1.165) is 19.3 Å². The van der Waals surface area contributed by atoms with E-state index >= 15 is 0 Å². The van der Waals surface area contributed by atoms with Crippen molar-refractivity contribution >= 4 is 17.5 Å². The molecular formula is C15H20OS. The normalized spacial score (nSPS) is 23.7. The summed E-state index contributed by atoms with van der Waals surface area (Å²) in [5.41, 5.74) is 1.58. The van der Waals surface area contributed by atoms with Crippen LogP contribution in [0, 0.1) is 12.3 Å². The van der Waals surface area contributed by atoms with Gasteiger partial charge in [-0.3, -0.25) is 4.79 Å². The highest BCUT2D eigenvalue weighted by molar-refractivity contribution is 8.00. The van der Waals surface area contributed by atoms with Crippen molar-refractivity contribution in [3.63, 3.8) is 0 Å². The second-order valence-electron chi connectivity index (χ2n) is 5.60. The second kappa shape index (κ2) is 4.85. The SMILES string of the molecule is Cc1ccccc1S[C@@H]1CC(=O)CCC1(C)C. The number of hydrogen-bond acceptors (Lipinski definition) is 2. The van der Waals surface area contributed by atoms with Crippen molar-refractivity contribution in [3.8, 4) is 0 Å². The van der Waals surface area contributed by atoms with E-state index in [0.29, 0.717) is 11.0 Å².